The molecule has 1 saturated heterocycles. The lowest BCUT2D eigenvalue weighted by atomic mass is 9.83. The normalized spacial score (nSPS) is 38.2. The highest BCUT2D eigenvalue weighted by Crippen LogP contribution is 2.37. The van der Waals surface area contributed by atoms with Crippen molar-refractivity contribution in [1.29, 1.82) is 0 Å². The van der Waals surface area contributed by atoms with E-state index >= 15 is 0 Å². The third-order valence-corrected chi connectivity index (χ3v) is 2.72. The third kappa shape index (κ3) is 1.62. The number of ether oxygens (including phenoxy) is 1. The molecule has 2 heteroatoms. The van der Waals surface area contributed by atoms with Crippen LogP contribution in [-0.2, 0) is 9.53 Å². The predicted molar refractivity (Wildman–Crippen MR) is 47.7 cm³/mol. The van der Waals surface area contributed by atoms with E-state index in [0.717, 1.165) is 12.8 Å². The molecule has 0 spiro atoms. The molecule has 0 aromatic carbocycles. The van der Waals surface area contributed by atoms with Crippen LogP contribution in [0.4, 0.5) is 0 Å². The Hall–Kier alpha value is -0.530. The van der Waals surface area contributed by atoms with Crippen LogP contribution < -0.4 is 0 Å². The lowest BCUT2D eigenvalue weighted by Crippen LogP contribution is -2.20. The van der Waals surface area contributed by atoms with E-state index in [1.807, 2.05) is 13.8 Å². The van der Waals surface area contributed by atoms with E-state index in [2.05, 4.69) is 6.92 Å². The van der Waals surface area contributed by atoms with Gasteiger partial charge in [0, 0.05) is 0 Å². The first kappa shape index (κ1) is 9.56. The Morgan fingerprint density at radius 2 is 2.00 bits per heavy atom. The van der Waals surface area contributed by atoms with Crippen molar-refractivity contribution < 1.29 is 9.53 Å². The third-order valence-electron chi connectivity index (χ3n) is 2.72. The van der Waals surface area contributed by atoms with Crippen molar-refractivity contribution in [3.05, 3.63) is 0 Å². The summed E-state index contributed by atoms with van der Waals surface area (Å²) in [5, 5.41) is 0. The zero-order valence-corrected chi connectivity index (χ0v) is 8.17. The van der Waals surface area contributed by atoms with Crippen LogP contribution in [0.2, 0.25) is 0 Å². The Balaban J connectivity index is 0.000000336. The van der Waals surface area contributed by atoms with Gasteiger partial charge in [-0.25, -0.2) is 0 Å². The molecule has 2 nitrogen and oxygen atoms in total. The van der Waals surface area contributed by atoms with E-state index in [1.54, 1.807) is 0 Å². The molecule has 0 aromatic rings. The quantitative estimate of drug-likeness (QED) is 0.522. The predicted octanol–water partition coefficient (Wildman–Crippen LogP) is 2.37. The molecule has 2 rings (SSSR count). The van der Waals surface area contributed by atoms with Gasteiger partial charge >= 0.3 is 5.97 Å². The number of fused-ring (bicyclic) bond motifs is 2. The van der Waals surface area contributed by atoms with Crippen LogP contribution in [0, 0.1) is 11.8 Å². The van der Waals surface area contributed by atoms with E-state index in [-0.39, 0.29) is 18.0 Å². The van der Waals surface area contributed by atoms with Gasteiger partial charge in [0.25, 0.3) is 0 Å². The van der Waals surface area contributed by atoms with E-state index in [1.165, 1.54) is 6.42 Å². The Kier molecular flexibility index (Phi) is 3.12. The molecule has 70 valence electrons. The van der Waals surface area contributed by atoms with Crippen molar-refractivity contribution in [1.82, 2.24) is 0 Å². The lowest BCUT2D eigenvalue weighted by molar-refractivity contribution is -0.144. The maximum Gasteiger partial charge on any atom is 0.309 e. The number of hydrogen-bond acceptors (Lipinski definition) is 2. The first-order valence-corrected chi connectivity index (χ1v) is 4.98. The van der Waals surface area contributed by atoms with E-state index in [4.69, 9.17) is 4.74 Å². The molecule has 1 saturated carbocycles. The van der Waals surface area contributed by atoms with Gasteiger partial charge in [-0.2, -0.15) is 0 Å². The Labute approximate surface area is 74.3 Å². The summed E-state index contributed by atoms with van der Waals surface area (Å²) in [6.07, 6.45) is 3.46. The number of hydrogen-bond donors (Lipinski definition) is 0. The zero-order chi connectivity index (χ0) is 9.14. The van der Waals surface area contributed by atoms with Crippen LogP contribution in [0.15, 0.2) is 0 Å². The maximum absolute atomic E-state index is 11.0. The Bertz CT molecular complexity index is 165. The zero-order valence-electron chi connectivity index (χ0n) is 8.17. The van der Waals surface area contributed by atoms with Gasteiger partial charge in [0.05, 0.1) is 5.92 Å². The van der Waals surface area contributed by atoms with Gasteiger partial charge in [-0.1, -0.05) is 20.8 Å². The van der Waals surface area contributed by atoms with Crippen LogP contribution in [0.1, 0.15) is 40.0 Å². The first-order valence-electron chi connectivity index (χ1n) is 4.98. The number of carbonyl (C=O) groups is 1. The Morgan fingerprint density at radius 3 is 2.58 bits per heavy atom. The van der Waals surface area contributed by atoms with Gasteiger partial charge < -0.3 is 4.74 Å². The lowest BCUT2D eigenvalue weighted by Gasteiger charge is -2.21. The SMILES string of the molecule is CC.CC1CCC2CC1OC2=O. The Morgan fingerprint density at radius 1 is 1.33 bits per heavy atom. The van der Waals surface area contributed by atoms with Gasteiger partial charge in [-0.05, 0) is 25.2 Å². The standard InChI is InChI=1S/C8H12O2.C2H6/c1-5-2-3-6-4-7(5)10-8(6)9;1-2/h5-7H,2-4H2,1H3;1-2H3. The highest BCUT2D eigenvalue weighted by atomic mass is 16.6. The second-order valence-electron chi connectivity index (χ2n) is 3.46. The highest BCUT2D eigenvalue weighted by molar-refractivity contribution is 5.75. The van der Waals surface area contributed by atoms with Crippen LogP contribution in [0.3, 0.4) is 0 Å². The van der Waals surface area contributed by atoms with Crippen LogP contribution >= 0.6 is 0 Å². The fraction of sp³-hybridized carbons (Fsp3) is 0.900. The first-order chi connectivity index (χ1) is 5.77. The molecular weight excluding hydrogens is 152 g/mol. The minimum atomic E-state index is 0.0503. The summed E-state index contributed by atoms with van der Waals surface area (Å²) in [5.74, 6) is 0.901. The van der Waals surface area contributed by atoms with Crippen molar-refractivity contribution >= 4 is 5.97 Å². The van der Waals surface area contributed by atoms with E-state index in [9.17, 15) is 4.79 Å². The van der Waals surface area contributed by atoms with Gasteiger partial charge in [-0.15, -0.1) is 0 Å². The average molecular weight is 170 g/mol. The van der Waals surface area contributed by atoms with Crippen molar-refractivity contribution in [3.63, 3.8) is 0 Å². The van der Waals surface area contributed by atoms with Crippen LogP contribution in [-0.4, -0.2) is 12.1 Å². The van der Waals surface area contributed by atoms with E-state index in [0.29, 0.717) is 5.92 Å². The molecule has 1 heterocycles. The molecule has 0 radical (unpaired) electrons. The molecule has 12 heavy (non-hydrogen) atoms. The molecule has 0 N–H and O–H groups in total. The molecule has 2 bridgehead atoms. The van der Waals surface area contributed by atoms with Gasteiger partial charge in [-0.3, -0.25) is 4.79 Å². The molecule has 2 fully saturated rings. The maximum atomic E-state index is 11.0. The number of carbonyl (C=O) groups excluding carboxylic acids is 1. The van der Waals surface area contributed by atoms with E-state index < -0.39 is 0 Å². The molecule has 0 amide bonds. The van der Waals surface area contributed by atoms with Crippen LogP contribution in [0.25, 0.3) is 0 Å². The fourth-order valence-electron chi connectivity index (χ4n) is 1.90. The molecule has 1 aliphatic heterocycles. The molecule has 3 unspecified atom stereocenters. The highest BCUT2D eigenvalue weighted by Gasteiger charge is 2.41. The number of esters is 1. The topological polar surface area (TPSA) is 26.3 Å². The van der Waals surface area contributed by atoms with Gasteiger partial charge in [0.2, 0.25) is 0 Å². The van der Waals surface area contributed by atoms with Gasteiger partial charge in [0.1, 0.15) is 6.10 Å². The molecule has 2 aliphatic rings. The van der Waals surface area contributed by atoms with Crippen LogP contribution in [0.5, 0.6) is 0 Å². The summed E-state index contributed by atoms with van der Waals surface area (Å²) in [6, 6.07) is 0. The molecule has 3 atom stereocenters. The largest absolute Gasteiger partial charge is 0.462 e. The molecule has 1 aliphatic carbocycles. The average Bonchev–Trinajstić information content (AvgIpc) is 2.41. The molecule has 0 aromatic heterocycles. The number of rotatable bonds is 0. The van der Waals surface area contributed by atoms with Crippen molar-refractivity contribution in [2.75, 3.05) is 0 Å². The smallest absolute Gasteiger partial charge is 0.309 e. The summed E-state index contributed by atoms with van der Waals surface area (Å²) >= 11 is 0. The van der Waals surface area contributed by atoms with Gasteiger partial charge in [0.15, 0.2) is 0 Å². The summed E-state index contributed by atoms with van der Waals surface area (Å²) in [7, 11) is 0. The monoisotopic (exact) mass is 170 g/mol. The second kappa shape index (κ2) is 3.92. The second-order valence-corrected chi connectivity index (χ2v) is 3.46. The van der Waals surface area contributed by atoms with Crippen molar-refractivity contribution in [2.24, 2.45) is 11.8 Å². The fourth-order valence-corrected chi connectivity index (χ4v) is 1.90. The van der Waals surface area contributed by atoms with Crippen molar-refractivity contribution in [2.45, 2.75) is 46.1 Å². The minimum absolute atomic E-state index is 0.0503. The summed E-state index contributed by atoms with van der Waals surface area (Å²) in [4.78, 5) is 11.0. The summed E-state index contributed by atoms with van der Waals surface area (Å²) in [5.41, 5.74) is 0. The summed E-state index contributed by atoms with van der Waals surface area (Å²) < 4.78 is 5.16. The molecular formula is C10H18O2. The minimum Gasteiger partial charge on any atom is -0.462 e. The van der Waals surface area contributed by atoms with Crippen molar-refractivity contribution in [3.8, 4) is 0 Å². The summed E-state index contributed by atoms with van der Waals surface area (Å²) in [6.45, 7) is 6.17.